The van der Waals surface area contributed by atoms with E-state index in [2.05, 4.69) is 36.5 Å². The summed E-state index contributed by atoms with van der Waals surface area (Å²) < 4.78 is 11.5. The molecule has 2 aromatic rings. The third kappa shape index (κ3) is 6.60. The van der Waals surface area contributed by atoms with Crippen LogP contribution in [0, 0.1) is 5.92 Å². The number of hydrogen-bond acceptors (Lipinski definition) is 4. The molecule has 3 atom stereocenters. The number of fused-ring (bicyclic) bond motifs is 3. The van der Waals surface area contributed by atoms with E-state index in [1.54, 1.807) is 6.92 Å². The molecule has 2 aromatic carbocycles. The van der Waals surface area contributed by atoms with Crippen molar-refractivity contribution in [2.24, 2.45) is 5.92 Å². The smallest absolute Gasteiger partial charge is 0.407 e. The molecular weight excluding hydrogens is 430 g/mol. The topological polar surface area (TPSA) is 84.9 Å². The molecule has 0 bridgehead atoms. The molecule has 34 heavy (non-hydrogen) atoms. The Labute approximate surface area is 202 Å². The number of rotatable bonds is 13. The van der Waals surface area contributed by atoms with Gasteiger partial charge in [0.2, 0.25) is 0 Å². The van der Waals surface area contributed by atoms with Crippen molar-refractivity contribution in [3.63, 3.8) is 0 Å². The monoisotopic (exact) mass is 467 g/mol. The van der Waals surface area contributed by atoms with E-state index in [1.165, 1.54) is 22.3 Å². The van der Waals surface area contributed by atoms with Crippen molar-refractivity contribution in [1.82, 2.24) is 5.32 Å². The third-order valence-electron chi connectivity index (χ3n) is 6.56. The maximum absolute atomic E-state index is 12.5. The molecule has 0 aliphatic heterocycles. The number of unbranched alkanes of at least 4 members (excludes halogenated alkanes) is 3. The summed E-state index contributed by atoms with van der Waals surface area (Å²) in [5.41, 5.74) is 4.71. The van der Waals surface area contributed by atoms with Gasteiger partial charge in [0.05, 0.1) is 24.7 Å². The Kier molecular flexibility index (Phi) is 9.52. The normalized spacial score (nSPS) is 15.1. The van der Waals surface area contributed by atoms with Gasteiger partial charge in [-0.1, -0.05) is 81.1 Å². The average molecular weight is 468 g/mol. The van der Waals surface area contributed by atoms with Gasteiger partial charge >= 0.3 is 12.1 Å². The number of nitrogens with one attached hydrogen (secondary N) is 1. The van der Waals surface area contributed by atoms with Crippen LogP contribution in [-0.4, -0.2) is 42.5 Å². The molecule has 2 N–H and O–H groups in total. The number of amides is 1. The lowest BCUT2D eigenvalue weighted by Crippen LogP contribution is -2.39. The summed E-state index contributed by atoms with van der Waals surface area (Å²) in [6.07, 6.45) is 4.09. The summed E-state index contributed by atoms with van der Waals surface area (Å²) in [4.78, 5) is 24.0. The van der Waals surface area contributed by atoms with Gasteiger partial charge in [0.1, 0.15) is 6.61 Å². The highest BCUT2D eigenvalue weighted by atomic mass is 16.5. The van der Waals surface area contributed by atoms with Crippen LogP contribution in [0.25, 0.3) is 11.1 Å². The van der Waals surface area contributed by atoms with Crippen LogP contribution in [0.1, 0.15) is 69.9 Å². The molecule has 0 saturated carbocycles. The van der Waals surface area contributed by atoms with Gasteiger partial charge in [-0.15, -0.1) is 0 Å². The summed E-state index contributed by atoms with van der Waals surface area (Å²) in [6.45, 7) is 6.14. The molecule has 1 unspecified atom stereocenters. The minimum absolute atomic E-state index is 0.00798. The van der Waals surface area contributed by atoms with Crippen LogP contribution in [0.5, 0.6) is 0 Å². The molecule has 0 radical (unpaired) electrons. The Morgan fingerprint density at radius 2 is 1.59 bits per heavy atom. The highest BCUT2D eigenvalue weighted by molar-refractivity contribution is 5.79. The maximum atomic E-state index is 12.5. The van der Waals surface area contributed by atoms with E-state index in [9.17, 15) is 14.7 Å². The number of carboxylic acid groups (broad SMARTS) is 1. The van der Waals surface area contributed by atoms with E-state index in [0.717, 1.165) is 25.7 Å². The lowest BCUT2D eigenvalue weighted by Gasteiger charge is -2.24. The van der Waals surface area contributed by atoms with Gasteiger partial charge < -0.3 is 19.9 Å². The number of carboxylic acids is 1. The summed E-state index contributed by atoms with van der Waals surface area (Å²) in [6, 6.07) is 16.1. The van der Waals surface area contributed by atoms with Crippen LogP contribution in [0.15, 0.2) is 48.5 Å². The minimum Gasteiger partial charge on any atom is -0.481 e. The molecule has 6 nitrogen and oxygen atoms in total. The maximum Gasteiger partial charge on any atom is 0.407 e. The van der Waals surface area contributed by atoms with Crippen molar-refractivity contribution in [2.75, 3.05) is 13.2 Å². The molecule has 0 spiro atoms. The van der Waals surface area contributed by atoms with E-state index < -0.39 is 18.0 Å². The van der Waals surface area contributed by atoms with Gasteiger partial charge in [-0.25, -0.2) is 4.79 Å². The van der Waals surface area contributed by atoms with Gasteiger partial charge in [-0.05, 0) is 42.5 Å². The molecular formula is C28H37NO5. The molecule has 1 aliphatic carbocycles. The van der Waals surface area contributed by atoms with Crippen molar-refractivity contribution in [3.8, 4) is 11.1 Å². The highest BCUT2D eigenvalue weighted by Gasteiger charge is 2.29. The van der Waals surface area contributed by atoms with Gasteiger partial charge in [0.25, 0.3) is 0 Å². The molecule has 184 valence electrons. The van der Waals surface area contributed by atoms with Crippen LogP contribution in [0.4, 0.5) is 4.79 Å². The number of aliphatic carboxylic acids is 1. The summed E-state index contributed by atoms with van der Waals surface area (Å²) in [5, 5.41) is 12.2. The van der Waals surface area contributed by atoms with Crippen molar-refractivity contribution < 1.29 is 24.2 Å². The molecule has 0 heterocycles. The first-order valence-electron chi connectivity index (χ1n) is 12.4. The first-order chi connectivity index (χ1) is 16.4. The lowest BCUT2D eigenvalue weighted by molar-refractivity contribution is -0.147. The second-order valence-corrected chi connectivity index (χ2v) is 9.22. The largest absolute Gasteiger partial charge is 0.481 e. The zero-order valence-electron chi connectivity index (χ0n) is 20.5. The fourth-order valence-corrected chi connectivity index (χ4v) is 4.56. The Balaban J connectivity index is 1.49. The summed E-state index contributed by atoms with van der Waals surface area (Å²) in [5.74, 6) is -1.45. The SMILES string of the molecule is CCCCCC[C@@H](OCC(C)NC(=O)OCC1c2ccccc2-c2ccccc21)[C@@H](C)C(=O)O. The quantitative estimate of drug-likeness (QED) is 0.354. The zero-order valence-corrected chi connectivity index (χ0v) is 20.5. The number of alkyl carbamates (subject to hydrolysis) is 1. The second kappa shape index (κ2) is 12.6. The van der Waals surface area contributed by atoms with Gasteiger partial charge in [-0.2, -0.15) is 0 Å². The van der Waals surface area contributed by atoms with Crippen molar-refractivity contribution in [3.05, 3.63) is 59.7 Å². The first-order valence-corrected chi connectivity index (χ1v) is 12.4. The average Bonchev–Trinajstić information content (AvgIpc) is 3.15. The van der Waals surface area contributed by atoms with Crippen LogP contribution in [0.3, 0.4) is 0 Å². The van der Waals surface area contributed by atoms with Gasteiger partial charge in [-0.3, -0.25) is 4.79 Å². The number of ether oxygens (including phenoxy) is 2. The highest BCUT2D eigenvalue weighted by Crippen LogP contribution is 2.44. The van der Waals surface area contributed by atoms with Crippen LogP contribution >= 0.6 is 0 Å². The number of carbonyl (C=O) groups excluding carboxylic acids is 1. The minimum atomic E-state index is -0.863. The molecule has 1 amide bonds. The molecule has 0 aromatic heterocycles. The predicted molar refractivity (Wildman–Crippen MR) is 133 cm³/mol. The van der Waals surface area contributed by atoms with E-state index in [0.29, 0.717) is 6.42 Å². The number of hydrogen-bond donors (Lipinski definition) is 2. The lowest BCUT2D eigenvalue weighted by atomic mass is 9.98. The fourth-order valence-electron chi connectivity index (χ4n) is 4.56. The van der Waals surface area contributed by atoms with Crippen molar-refractivity contribution >= 4 is 12.1 Å². The fraction of sp³-hybridized carbons (Fsp3) is 0.500. The van der Waals surface area contributed by atoms with E-state index >= 15 is 0 Å². The Morgan fingerprint density at radius 3 is 2.18 bits per heavy atom. The molecule has 0 fully saturated rings. The number of benzene rings is 2. The standard InChI is InChI=1S/C28H37NO5/c1-4-5-6-7-16-26(20(3)27(30)31)33-17-19(2)29-28(32)34-18-25-23-14-10-8-12-21(23)22-13-9-11-15-24(22)25/h8-15,19-20,25-26H,4-7,16-18H2,1-3H3,(H,29,32)(H,30,31)/t19?,20-,26-/m1/s1. The van der Waals surface area contributed by atoms with Gasteiger partial charge in [0, 0.05) is 5.92 Å². The predicted octanol–water partition coefficient (Wildman–Crippen LogP) is 5.99. The molecule has 6 heteroatoms. The van der Waals surface area contributed by atoms with Crippen LogP contribution in [0.2, 0.25) is 0 Å². The summed E-state index contributed by atoms with van der Waals surface area (Å²) in [7, 11) is 0. The summed E-state index contributed by atoms with van der Waals surface area (Å²) >= 11 is 0. The molecule has 3 rings (SSSR count). The van der Waals surface area contributed by atoms with Crippen LogP contribution < -0.4 is 5.32 Å². The third-order valence-corrected chi connectivity index (χ3v) is 6.56. The Hall–Kier alpha value is -2.86. The first kappa shape index (κ1) is 25.8. The van der Waals surface area contributed by atoms with E-state index in [4.69, 9.17) is 9.47 Å². The molecule has 0 saturated heterocycles. The number of carbonyl (C=O) groups is 2. The second-order valence-electron chi connectivity index (χ2n) is 9.22. The molecule has 1 aliphatic rings. The van der Waals surface area contributed by atoms with E-state index in [1.807, 2.05) is 31.2 Å². The van der Waals surface area contributed by atoms with Crippen molar-refractivity contribution in [1.29, 1.82) is 0 Å². The van der Waals surface area contributed by atoms with Gasteiger partial charge in [0.15, 0.2) is 0 Å². The Morgan fingerprint density at radius 1 is 0.971 bits per heavy atom. The van der Waals surface area contributed by atoms with Crippen LogP contribution in [-0.2, 0) is 14.3 Å². The van der Waals surface area contributed by atoms with Crippen molar-refractivity contribution in [2.45, 2.75) is 70.9 Å². The Bertz CT molecular complexity index is 914. The zero-order chi connectivity index (χ0) is 24.5. The van der Waals surface area contributed by atoms with E-state index in [-0.39, 0.29) is 31.3 Å².